The van der Waals surface area contributed by atoms with E-state index in [0.29, 0.717) is 0 Å². The van der Waals surface area contributed by atoms with E-state index in [9.17, 15) is 0 Å². The summed E-state index contributed by atoms with van der Waals surface area (Å²) in [6.45, 7) is 2.06. The van der Waals surface area contributed by atoms with Gasteiger partial charge >= 0.3 is 44.2 Å². The normalized spacial score (nSPS) is 7.40. The molecule has 0 N–H and O–H groups in total. The van der Waals surface area contributed by atoms with Crippen molar-refractivity contribution in [3.8, 4) is 0 Å². The summed E-state index contributed by atoms with van der Waals surface area (Å²) < 4.78 is 0. The van der Waals surface area contributed by atoms with E-state index in [4.69, 9.17) is 20.8 Å². The van der Waals surface area contributed by atoms with Gasteiger partial charge in [-0.2, -0.15) is 0 Å². The van der Waals surface area contributed by atoms with Crippen LogP contribution in [0.4, 0.5) is 0 Å². The van der Waals surface area contributed by atoms with Crippen LogP contribution >= 0.6 is 20.8 Å². The zero-order chi connectivity index (χ0) is 4.28. The van der Waals surface area contributed by atoms with Crippen molar-refractivity contribution in [2.24, 2.45) is 0 Å². The Balaban J connectivity index is 3.23. The number of hydrogen-bond acceptors (Lipinski definition) is 2. The van der Waals surface area contributed by atoms with Crippen LogP contribution in [0.25, 0.3) is 0 Å². The average molecular weight is 168 g/mol. The van der Waals surface area contributed by atoms with Gasteiger partial charge in [0.2, 0.25) is 0 Å². The molecule has 0 atom stereocenters. The van der Waals surface area contributed by atoms with Crippen LogP contribution in [0.5, 0.6) is 0 Å². The van der Waals surface area contributed by atoms with E-state index in [1.807, 2.05) is 0 Å². The van der Waals surface area contributed by atoms with Crippen LogP contribution in [-0.4, -0.2) is 11.3 Å². The van der Waals surface area contributed by atoms with E-state index in [1.165, 1.54) is 0 Å². The van der Waals surface area contributed by atoms with E-state index in [-0.39, 0.29) is 0 Å². The third-order valence-electron chi connectivity index (χ3n) is 0.258. The summed E-state index contributed by atoms with van der Waals surface area (Å²) in [7, 11) is 9.48. The first kappa shape index (κ1) is 6.00. The predicted octanol–water partition coefficient (Wildman–Crippen LogP) is 1.89. The van der Waals surface area contributed by atoms with E-state index in [0.717, 1.165) is 5.21 Å². The second-order valence-electron chi connectivity index (χ2n) is 0.649. The molecule has 0 aliphatic rings. The maximum atomic E-state index is 4.74. The molecule has 0 radical (unpaired) electrons. The van der Waals surface area contributed by atoms with Gasteiger partial charge in [0.05, 0.1) is 0 Å². The molecule has 0 aliphatic heterocycles. The molecule has 0 spiro atoms. The molecule has 0 aromatic heterocycles. The fourth-order valence-electron chi connectivity index (χ4n) is 0. The van der Waals surface area contributed by atoms with Crippen LogP contribution in [-0.2, 0) is 0 Å². The molecule has 0 saturated heterocycles. The molecule has 0 amide bonds. The molecular formula is C2H5AsS2. The Kier molecular flexibility index (Phi) is 3.84. The summed E-state index contributed by atoms with van der Waals surface area (Å²) in [4.78, 5) is 0. The summed E-state index contributed by atoms with van der Waals surface area (Å²) >= 11 is -1.03. The molecule has 3 heteroatoms. The first-order chi connectivity index (χ1) is 2.27. The molecule has 0 aliphatic carbocycles. The SMILES string of the molecule is CC[As](=S)=S. The predicted molar refractivity (Wildman–Crippen MR) is 31.4 cm³/mol. The fourth-order valence-corrected chi connectivity index (χ4v) is 0. The third-order valence-corrected chi connectivity index (χ3v) is 4.02. The first-order valence-corrected chi connectivity index (χ1v) is 8.04. The van der Waals surface area contributed by atoms with Gasteiger partial charge in [0.1, 0.15) is 0 Å². The first-order valence-electron chi connectivity index (χ1n) is 1.39. The van der Waals surface area contributed by atoms with Crippen molar-refractivity contribution in [2.45, 2.75) is 12.1 Å². The van der Waals surface area contributed by atoms with Gasteiger partial charge in [-0.25, -0.2) is 0 Å². The fraction of sp³-hybridized carbons (Fsp3) is 1.00. The Morgan fingerprint density at radius 2 is 1.80 bits per heavy atom. The minimum absolute atomic E-state index is 1.03. The second-order valence-corrected chi connectivity index (χ2v) is 9.15. The van der Waals surface area contributed by atoms with Crippen LogP contribution in [0.3, 0.4) is 0 Å². The van der Waals surface area contributed by atoms with Gasteiger partial charge in [0, 0.05) is 0 Å². The van der Waals surface area contributed by atoms with Crippen LogP contribution in [0.2, 0.25) is 5.21 Å². The Morgan fingerprint density at radius 1 is 1.60 bits per heavy atom. The molecule has 0 bridgehead atoms. The molecule has 0 unspecified atom stereocenters. The molecular weight excluding hydrogens is 163 g/mol. The van der Waals surface area contributed by atoms with Gasteiger partial charge in [0.25, 0.3) is 0 Å². The van der Waals surface area contributed by atoms with Crippen molar-refractivity contribution < 1.29 is 0 Å². The van der Waals surface area contributed by atoms with Crippen molar-refractivity contribution in [3.63, 3.8) is 0 Å². The Morgan fingerprint density at radius 3 is 1.80 bits per heavy atom. The van der Waals surface area contributed by atoms with Gasteiger partial charge < -0.3 is 0 Å². The van der Waals surface area contributed by atoms with Crippen molar-refractivity contribution in [2.75, 3.05) is 0 Å². The van der Waals surface area contributed by atoms with Crippen molar-refractivity contribution in [3.05, 3.63) is 0 Å². The number of hydrogen-bond donors (Lipinski definition) is 0. The molecule has 30 valence electrons. The molecule has 5 heavy (non-hydrogen) atoms. The third kappa shape index (κ3) is 5.00. The van der Waals surface area contributed by atoms with Gasteiger partial charge in [-0.3, -0.25) is 0 Å². The van der Waals surface area contributed by atoms with Gasteiger partial charge in [-0.1, -0.05) is 0 Å². The average Bonchev–Trinajstić information content (AvgIpc) is 1.38. The second kappa shape index (κ2) is 3.20. The maximum absolute atomic E-state index is 4.74. The van der Waals surface area contributed by atoms with Gasteiger partial charge in [-0.15, -0.1) is 0 Å². The van der Waals surface area contributed by atoms with Crippen molar-refractivity contribution in [1.82, 2.24) is 0 Å². The van der Waals surface area contributed by atoms with Crippen molar-refractivity contribution >= 4 is 32.1 Å². The molecule has 0 aromatic carbocycles. The zero-order valence-corrected chi connectivity index (χ0v) is 6.48. The van der Waals surface area contributed by atoms with E-state index in [2.05, 4.69) is 6.92 Å². The van der Waals surface area contributed by atoms with Crippen LogP contribution in [0, 0.1) is 0 Å². The van der Waals surface area contributed by atoms with E-state index < -0.39 is 11.3 Å². The topological polar surface area (TPSA) is 0 Å². The molecule has 0 nitrogen and oxygen atoms in total. The molecule has 0 heterocycles. The number of rotatable bonds is 1. The standard InChI is InChI=1S/C2H5AsS2/c1-2-3(4)5/h2H2,1H3. The monoisotopic (exact) mass is 168 g/mol. The van der Waals surface area contributed by atoms with Gasteiger partial charge in [0.15, 0.2) is 0 Å². The molecule has 0 aromatic rings. The Hall–Kier alpha value is 0.998. The molecule has 0 fully saturated rings. The summed E-state index contributed by atoms with van der Waals surface area (Å²) in [6.07, 6.45) is 0. The Labute approximate surface area is 44.4 Å². The summed E-state index contributed by atoms with van der Waals surface area (Å²) in [5, 5.41) is 1.08. The van der Waals surface area contributed by atoms with E-state index in [1.54, 1.807) is 0 Å². The summed E-state index contributed by atoms with van der Waals surface area (Å²) in [5.74, 6) is 0. The van der Waals surface area contributed by atoms with Crippen LogP contribution in [0.15, 0.2) is 0 Å². The summed E-state index contributed by atoms with van der Waals surface area (Å²) in [6, 6.07) is 0. The van der Waals surface area contributed by atoms with Crippen LogP contribution < -0.4 is 0 Å². The van der Waals surface area contributed by atoms with Gasteiger partial charge in [-0.05, 0) is 0 Å². The zero-order valence-electron chi connectivity index (χ0n) is 2.97. The van der Waals surface area contributed by atoms with Crippen LogP contribution in [0.1, 0.15) is 6.92 Å². The molecule has 0 saturated carbocycles. The summed E-state index contributed by atoms with van der Waals surface area (Å²) in [5.41, 5.74) is 0. The molecule has 0 rings (SSSR count). The minimum atomic E-state index is -1.03. The quantitative estimate of drug-likeness (QED) is 0.548. The van der Waals surface area contributed by atoms with E-state index >= 15 is 0 Å². The Bertz CT molecular complexity index is 65.7. The van der Waals surface area contributed by atoms with Crippen molar-refractivity contribution in [1.29, 1.82) is 0 Å².